The minimum Gasteiger partial charge on any atom is -0.481 e. The van der Waals surface area contributed by atoms with Crippen molar-refractivity contribution >= 4 is 11.9 Å². The number of esters is 1. The molecule has 30 heavy (non-hydrogen) atoms. The van der Waals surface area contributed by atoms with Gasteiger partial charge in [-0.2, -0.15) is 0 Å². The molecule has 0 aliphatic carbocycles. The van der Waals surface area contributed by atoms with Gasteiger partial charge in [0.15, 0.2) is 0 Å². The summed E-state index contributed by atoms with van der Waals surface area (Å²) in [5, 5.41) is 8.71. The highest BCUT2D eigenvalue weighted by atomic mass is 16.5. The van der Waals surface area contributed by atoms with Crippen LogP contribution in [0.15, 0.2) is 12.2 Å². The van der Waals surface area contributed by atoms with E-state index in [1.807, 2.05) is 0 Å². The van der Waals surface area contributed by atoms with Crippen molar-refractivity contribution in [3.63, 3.8) is 0 Å². The van der Waals surface area contributed by atoms with Crippen molar-refractivity contribution in [2.75, 3.05) is 0 Å². The number of hydrogen-bond donors (Lipinski definition) is 1. The Labute approximate surface area is 185 Å². The Bertz CT molecular complexity index is 431. The second-order valence-corrected chi connectivity index (χ2v) is 8.52. The number of ether oxygens (including phenoxy) is 1. The van der Waals surface area contributed by atoms with Crippen molar-refractivity contribution < 1.29 is 19.4 Å². The predicted molar refractivity (Wildman–Crippen MR) is 126 cm³/mol. The standard InChI is InChI=1S/C26H48O4/c1-3-5-7-9-10-11-12-13-16-20-24(21-17-14-15-18-22-25(27)28)30-26(29)23-19-8-6-4-2/h16,20,24H,3-15,17-19,21-23H2,1-2H3,(H,27,28)/b20-16-. The highest BCUT2D eigenvalue weighted by molar-refractivity contribution is 5.69. The van der Waals surface area contributed by atoms with Crippen molar-refractivity contribution in [2.24, 2.45) is 0 Å². The summed E-state index contributed by atoms with van der Waals surface area (Å²) in [4.78, 5) is 22.7. The van der Waals surface area contributed by atoms with Gasteiger partial charge < -0.3 is 9.84 Å². The third kappa shape index (κ3) is 21.4. The lowest BCUT2D eigenvalue weighted by atomic mass is 10.1. The van der Waals surface area contributed by atoms with E-state index >= 15 is 0 Å². The van der Waals surface area contributed by atoms with Gasteiger partial charge in [-0.05, 0) is 44.6 Å². The number of unbranched alkanes of at least 4 members (excludes halogenated alkanes) is 13. The molecule has 0 rings (SSSR count). The maximum atomic E-state index is 12.2. The quantitative estimate of drug-likeness (QED) is 0.109. The van der Waals surface area contributed by atoms with Crippen LogP contribution in [0.5, 0.6) is 0 Å². The number of carbonyl (C=O) groups excluding carboxylic acids is 1. The van der Waals surface area contributed by atoms with Gasteiger partial charge in [0.1, 0.15) is 6.10 Å². The van der Waals surface area contributed by atoms with Gasteiger partial charge in [-0.1, -0.05) is 90.6 Å². The zero-order valence-corrected chi connectivity index (χ0v) is 19.8. The molecule has 0 aliphatic rings. The Morgan fingerprint density at radius 1 is 0.733 bits per heavy atom. The van der Waals surface area contributed by atoms with Crippen LogP contribution in [0.1, 0.15) is 136 Å². The molecule has 0 aliphatic heterocycles. The fraction of sp³-hybridized carbons (Fsp3) is 0.846. The lowest BCUT2D eigenvalue weighted by Crippen LogP contribution is -2.16. The Kier molecular flexibility index (Phi) is 21.4. The van der Waals surface area contributed by atoms with Crippen LogP contribution in [0.2, 0.25) is 0 Å². The molecule has 0 heterocycles. The number of rotatable bonds is 22. The summed E-state index contributed by atoms with van der Waals surface area (Å²) in [5.41, 5.74) is 0. The van der Waals surface area contributed by atoms with Gasteiger partial charge in [0.05, 0.1) is 0 Å². The number of carboxylic acid groups (broad SMARTS) is 1. The summed E-state index contributed by atoms with van der Waals surface area (Å²) in [6, 6.07) is 0. The molecule has 0 fully saturated rings. The number of carboxylic acids is 1. The SMILES string of the molecule is CCCCCCCCC/C=C\C(CCCCCCC(=O)O)OC(=O)CCCCCC. The van der Waals surface area contributed by atoms with E-state index in [1.165, 1.54) is 57.8 Å². The van der Waals surface area contributed by atoms with Gasteiger partial charge in [0, 0.05) is 12.8 Å². The molecule has 1 N–H and O–H groups in total. The van der Waals surface area contributed by atoms with E-state index in [1.54, 1.807) is 0 Å². The number of hydrogen-bond acceptors (Lipinski definition) is 3. The molecule has 1 unspecified atom stereocenters. The summed E-state index contributed by atoms with van der Waals surface area (Å²) in [5.74, 6) is -0.805. The van der Waals surface area contributed by atoms with E-state index in [2.05, 4.69) is 26.0 Å². The molecule has 176 valence electrons. The maximum Gasteiger partial charge on any atom is 0.306 e. The fourth-order valence-electron chi connectivity index (χ4n) is 3.56. The molecule has 0 amide bonds. The molecule has 1 atom stereocenters. The number of carbonyl (C=O) groups is 2. The first kappa shape index (κ1) is 28.7. The largest absolute Gasteiger partial charge is 0.481 e. The molecule has 0 saturated carbocycles. The first-order valence-electron chi connectivity index (χ1n) is 12.7. The molecule has 0 bridgehead atoms. The van der Waals surface area contributed by atoms with Crippen LogP contribution in [0.3, 0.4) is 0 Å². The molecule has 0 aromatic rings. The highest BCUT2D eigenvalue weighted by Crippen LogP contribution is 2.14. The minimum absolute atomic E-state index is 0.0810. The van der Waals surface area contributed by atoms with E-state index in [0.29, 0.717) is 6.42 Å². The normalized spacial score (nSPS) is 12.3. The lowest BCUT2D eigenvalue weighted by molar-refractivity contribution is -0.147. The van der Waals surface area contributed by atoms with Crippen LogP contribution < -0.4 is 0 Å². The van der Waals surface area contributed by atoms with Crippen LogP contribution >= 0.6 is 0 Å². The van der Waals surface area contributed by atoms with E-state index < -0.39 is 5.97 Å². The van der Waals surface area contributed by atoms with Crippen LogP contribution in [0.4, 0.5) is 0 Å². The monoisotopic (exact) mass is 424 g/mol. The zero-order valence-electron chi connectivity index (χ0n) is 19.8. The molecule has 0 saturated heterocycles. The van der Waals surface area contributed by atoms with Crippen molar-refractivity contribution in [2.45, 2.75) is 142 Å². The third-order valence-electron chi connectivity index (χ3n) is 5.47. The average Bonchev–Trinajstić information content (AvgIpc) is 2.72. The van der Waals surface area contributed by atoms with Crippen molar-refractivity contribution in [1.29, 1.82) is 0 Å². The minimum atomic E-state index is -0.724. The van der Waals surface area contributed by atoms with E-state index in [0.717, 1.165) is 51.4 Å². The molecular weight excluding hydrogens is 376 g/mol. The van der Waals surface area contributed by atoms with Crippen molar-refractivity contribution in [1.82, 2.24) is 0 Å². The second-order valence-electron chi connectivity index (χ2n) is 8.52. The Hall–Kier alpha value is -1.32. The lowest BCUT2D eigenvalue weighted by Gasteiger charge is -2.14. The van der Waals surface area contributed by atoms with Crippen molar-refractivity contribution in [3.8, 4) is 0 Å². The summed E-state index contributed by atoms with van der Waals surface area (Å²) in [6.07, 6.45) is 23.9. The molecule has 0 radical (unpaired) electrons. The van der Waals surface area contributed by atoms with E-state index in [4.69, 9.17) is 9.84 Å². The maximum absolute atomic E-state index is 12.2. The third-order valence-corrected chi connectivity index (χ3v) is 5.47. The number of aliphatic carboxylic acids is 1. The van der Waals surface area contributed by atoms with E-state index in [9.17, 15) is 9.59 Å². The molecule has 4 heteroatoms. The predicted octanol–water partition coefficient (Wildman–Crippen LogP) is 7.99. The second kappa shape index (κ2) is 22.4. The first-order valence-corrected chi connectivity index (χ1v) is 12.7. The van der Waals surface area contributed by atoms with Gasteiger partial charge in [-0.3, -0.25) is 9.59 Å². The summed E-state index contributed by atoms with van der Waals surface area (Å²) >= 11 is 0. The van der Waals surface area contributed by atoms with Gasteiger partial charge in [-0.25, -0.2) is 0 Å². The summed E-state index contributed by atoms with van der Waals surface area (Å²) in [7, 11) is 0. The van der Waals surface area contributed by atoms with Gasteiger partial charge in [0.2, 0.25) is 0 Å². The molecule has 0 aromatic carbocycles. The first-order chi connectivity index (χ1) is 14.6. The summed E-state index contributed by atoms with van der Waals surface area (Å²) < 4.78 is 5.73. The van der Waals surface area contributed by atoms with Crippen LogP contribution in [-0.2, 0) is 14.3 Å². The highest BCUT2D eigenvalue weighted by Gasteiger charge is 2.11. The Morgan fingerprint density at radius 3 is 1.93 bits per heavy atom. The molecule has 4 nitrogen and oxygen atoms in total. The molecular formula is C26H48O4. The fourth-order valence-corrected chi connectivity index (χ4v) is 3.56. The van der Waals surface area contributed by atoms with Gasteiger partial charge >= 0.3 is 11.9 Å². The van der Waals surface area contributed by atoms with Crippen LogP contribution in [-0.4, -0.2) is 23.1 Å². The van der Waals surface area contributed by atoms with Gasteiger partial charge in [0.25, 0.3) is 0 Å². The molecule has 0 spiro atoms. The topological polar surface area (TPSA) is 63.6 Å². The smallest absolute Gasteiger partial charge is 0.306 e. The van der Waals surface area contributed by atoms with Gasteiger partial charge in [-0.15, -0.1) is 0 Å². The van der Waals surface area contributed by atoms with Crippen molar-refractivity contribution in [3.05, 3.63) is 12.2 Å². The van der Waals surface area contributed by atoms with Crippen LogP contribution in [0, 0.1) is 0 Å². The Morgan fingerprint density at radius 2 is 1.27 bits per heavy atom. The average molecular weight is 425 g/mol. The molecule has 0 aromatic heterocycles. The van der Waals surface area contributed by atoms with Crippen LogP contribution in [0.25, 0.3) is 0 Å². The Balaban J connectivity index is 4.15. The zero-order chi connectivity index (χ0) is 22.3. The van der Waals surface area contributed by atoms with E-state index in [-0.39, 0.29) is 18.5 Å². The number of allylic oxidation sites excluding steroid dienone is 1. The summed E-state index contributed by atoms with van der Waals surface area (Å²) in [6.45, 7) is 4.41.